The molecule has 7 nitrogen and oxygen atoms in total. The average molecular weight is 392 g/mol. The topological polar surface area (TPSA) is 107 Å². The molecule has 0 aliphatic rings. The summed E-state index contributed by atoms with van der Waals surface area (Å²) in [6.45, 7) is 0.946. The second kappa shape index (κ2) is 10.4. The Bertz CT molecular complexity index is 785. The van der Waals surface area contributed by atoms with E-state index in [9.17, 15) is 14.7 Å². The summed E-state index contributed by atoms with van der Waals surface area (Å²) in [5.41, 5.74) is 1.33. The maximum atomic E-state index is 12.1. The summed E-state index contributed by atoms with van der Waals surface area (Å²) in [6.07, 6.45) is -0.205. The van der Waals surface area contributed by atoms with Gasteiger partial charge in [0.2, 0.25) is 5.91 Å². The van der Waals surface area contributed by atoms with Crippen molar-refractivity contribution in [3.8, 4) is 5.75 Å². The van der Waals surface area contributed by atoms with Crippen molar-refractivity contribution in [3.05, 3.63) is 53.6 Å². The van der Waals surface area contributed by atoms with E-state index in [2.05, 4.69) is 10.6 Å². The fourth-order valence-corrected chi connectivity index (χ4v) is 2.71. The van der Waals surface area contributed by atoms with E-state index in [1.54, 1.807) is 36.7 Å². The van der Waals surface area contributed by atoms with E-state index in [-0.39, 0.29) is 6.42 Å². The van der Waals surface area contributed by atoms with Gasteiger partial charge in [-0.05, 0) is 30.3 Å². The van der Waals surface area contributed by atoms with Crippen molar-refractivity contribution in [1.82, 2.24) is 0 Å². The maximum Gasteiger partial charge on any atom is 0.230 e. The van der Waals surface area contributed by atoms with E-state index in [1.165, 1.54) is 0 Å². The Morgan fingerprint density at radius 2 is 2.00 bits per heavy atom. The van der Waals surface area contributed by atoms with Crippen molar-refractivity contribution < 1.29 is 24.7 Å². The molecule has 0 spiro atoms. The first kappa shape index (κ1) is 20.5. The molecule has 0 saturated heterocycles. The van der Waals surface area contributed by atoms with E-state index >= 15 is 0 Å². The van der Waals surface area contributed by atoms with Gasteiger partial charge in [-0.2, -0.15) is 0 Å². The Morgan fingerprint density at radius 3 is 2.70 bits per heavy atom. The van der Waals surface area contributed by atoms with Crippen molar-refractivity contribution in [2.45, 2.75) is 12.5 Å². The lowest BCUT2D eigenvalue weighted by atomic mass is 10.2. The molecule has 0 aliphatic heterocycles. The van der Waals surface area contributed by atoms with Crippen LogP contribution in [0, 0.1) is 0 Å². The quantitative estimate of drug-likeness (QED) is 0.510. The number of para-hydroxylation sites is 2. The Balaban J connectivity index is 1.81. The molecule has 1 atom stereocenters. The number of carbonyl (C=O) groups excluding carboxylic acids is 2. The molecule has 0 fully saturated rings. The number of anilines is 2. The van der Waals surface area contributed by atoms with Crippen molar-refractivity contribution in [2.75, 3.05) is 30.8 Å². The minimum Gasteiger partial charge on any atom is -0.544 e. The molecule has 2 aromatic carbocycles. The molecule has 1 amide bonds. The largest absolute Gasteiger partial charge is 0.544 e. The Hall–Kier alpha value is -2.77. The predicted molar refractivity (Wildman–Crippen MR) is 102 cm³/mol. The first-order chi connectivity index (χ1) is 13.0. The lowest BCUT2D eigenvalue weighted by Gasteiger charge is -2.17. The third-order valence-corrected chi connectivity index (χ3v) is 4.07. The van der Waals surface area contributed by atoms with Crippen molar-refractivity contribution >= 4 is 34.9 Å². The van der Waals surface area contributed by atoms with E-state index in [4.69, 9.17) is 16.3 Å². The number of hydrogen-bond acceptors (Lipinski definition) is 5. The van der Waals surface area contributed by atoms with Gasteiger partial charge in [-0.25, -0.2) is 0 Å². The van der Waals surface area contributed by atoms with Crippen LogP contribution in [0.3, 0.4) is 0 Å². The molecule has 4 N–H and O–H groups in total. The highest BCUT2D eigenvalue weighted by Crippen LogP contribution is 2.22. The molecule has 0 unspecified atom stereocenters. The van der Waals surface area contributed by atoms with Gasteiger partial charge in [-0.1, -0.05) is 29.8 Å². The number of quaternary nitrogens is 1. The third-order valence-electron chi connectivity index (χ3n) is 3.83. The SMILES string of the molecule is COc1ccccc1NCC[NH2+][C@@H](CC(=O)Nc1cccc(Cl)c1)C(=O)[O-]. The second-order valence-corrected chi connectivity index (χ2v) is 6.28. The van der Waals surface area contributed by atoms with E-state index in [1.807, 2.05) is 24.3 Å². The molecule has 0 radical (unpaired) electrons. The lowest BCUT2D eigenvalue weighted by Crippen LogP contribution is -2.94. The summed E-state index contributed by atoms with van der Waals surface area (Å²) in [4.78, 5) is 23.4. The molecule has 0 aliphatic carbocycles. The van der Waals surface area contributed by atoms with Gasteiger partial charge in [0.25, 0.3) is 0 Å². The number of methoxy groups -OCH3 is 1. The molecule has 0 heterocycles. The Morgan fingerprint density at radius 1 is 1.22 bits per heavy atom. The molecular weight excluding hydrogens is 370 g/mol. The highest BCUT2D eigenvalue weighted by Gasteiger charge is 2.18. The number of carboxylic acid groups (broad SMARTS) is 1. The number of benzene rings is 2. The number of aliphatic carboxylic acids is 1. The van der Waals surface area contributed by atoms with Gasteiger partial charge in [0.05, 0.1) is 38.3 Å². The first-order valence-electron chi connectivity index (χ1n) is 8.46. The number of carboxylic acids is 1. The smallest absolute Gasteiger partial charge is 0.230 e. The predicted octanol–water partition coefficient (Wildman–Crippen LogP) is 0.471. The number of nitrogens with one attached hydrogen (secondary N) is 2. The fraction of sp³-hybridized carbons (Fsp3) is 0.263. The molecule has 27 heavy (non-hydrogen) atoms. The number of amides is 1. The molecular formula is C19H22ClN3O4. The zero-order valence-electron chi connectivity index (χ0n) is 14.9. The molecule has 0 bridgehead atoms. The van der Waals surface area contributed by atoms with Crippen molar-refractivity contribution in [1.29, 1.82) is 0 Å². The summed E-state index contributed by atoms with van der Waals surface area (Å²) in [7, 11) is 1.58. The Labute approximate surface area is 162 Å². The van der Waals surface area contributed by atoms with Gasteiger partial charge in [0, 0.05) is 10.7 Å². The Kier molecular flexibility index (Phi) is 7.91. The minimum atomic E-state index is -1.28. The number of nitrogens with two attached hydrogens (primary N) is 1. The second-order valence-electron chi connectivity index (χ2n) is 5.84. The van der Waals surface area contributed by atoms with Crippen molar-refractivity contribution in [3.63, 3.8) is 0 Å². The molecule has 0 aromatic heterocycles. The van der Waals surface area contributed by atoms with Crippen LogP contribution in [0.5, 0.6) is 5.75 Å². The monoisotopic (exact) mass is 391 g/mol. The highest BCUT2D eigenvalue weighted by molar-refractivity contribution is 6.30. The molecule has 144 valence electrons. The minimum absolute atomic E-state index is 0.205. The first-order valence-corrected chi connectivity index (χ1v) is 8.84. The number of hydrogen-bond donors (Lipinski definition) is 3. The van der Waals surface area contributed by atoms with Crippen LogP contribution in [0.2, 0.25) is 5.02 Å². The van der Waals surface area contributed by atoms with Gasteiger partial charge in [0.15, 0.2) is 0 Å². The summed E-state index contributed by atoms with van der Waals surface area (Å²) in [5.74, 6) is -0.996. The fourth-order valence-electron chi connectivity index (χ4n) is 2.52. The third kappa shape index (κ3) is 6.80. The van der Waals surface area contributed by atoms with Crippen LogP contribution in [0.1, 0.15) is 6.42 Å². The molecule has 2 rings (SSSR count). The molecule has 0 saturated carbocycles. The van der Waals surface area contributed by atoms with E-state index in [0.29, 0.717) is 29.5 Å². The van der Waals surface area contributed by atoms with E-state index < -0.39 is 17.9 Å². The average Bonchev–Trinajstić information content (AvgIpc) is 2.64. The summed E-state index contributed by atoms with van der Waals surface area (Å²) < 4.78 is 5.24. The zero-order valence-corrected chi connectivity index (χ0v) is 15.7. The number of halogens is 1. The highest BCUT2D eigenvalue weighted by atomic mass is 35.5. The zero-order chi connectivity index (χ0) is 19.6. The number of ether oxygens (including phenoxy) is 1. The van der Waals surface area contributed by atoms with Gasteiger partial charge in [0.1, 0.15) is 11.8 Å². The standard InChI is InChI=1S/C19H22ClN3O4/c1-27-17-8-3-2-7-15(17)21-9-10-22-16(19(25)26)12-18(24)23-14-6-4-5-13(20)11-14/h2-8,11,16,21-22H,9-10,12H2,1H3,(H,23,24)(H,25,26)/t16-/m0/s1. The molecule has 8 heteroatoms. The van der Waals surface area contributed by atoms with Crippen LogP contribution in [0.15, 0.2) is 48.5 Å². The number of carbonyl (C=O) groups is 2. The van der Waals surface area contributed by atoms with E-state index in [0.717, 1.165) is 5.69 Å². The summed E-state index contributed by atoms with van der Waals surface area (Å²) in [5, 5.41) is 19.2. The van der Waals surface area contributed by atoms with Crippen LogP contribution in [-0.4, -0.2) is 38.1 Å². The lowest BCUT2D eigenvalue weighted by molar-refractivity contribution is -0.680. The van der Waals surface area contributed by atoms with Crippen LogP contribution in [0.25, 0.3) is 0 Å². The van der Waals surface area contributed by atoms with Gasteiger partial charge >= 0.3 is 0 Å². The normalized spacial score (nSPS) is 11.5. The van der Waals surface area contributed by atoms with Crippen LogP contribution >= 0.6 is 11.6 Å². The summed E-state index contributed by atoms with van der Waals surface area (Å²) >= 11 is 5.86. The summed E-state index contributed by atoms with van der Waals surface area (Å²) in [6, 6.07) is 13.1. The van der Waals surface area contributed by atoms with Crippen LogP contribution < -0.4 is 25.8 Å². The number of rotatable bonds is 10. The van der Waals surface area contributed by atoms with Crippen LogP contribution in [-0.2, 0) is 9.59 Å². The maximum absolute atomic E-state index is 12.1. The van der Waals surface area contributed by atoms with Gasteiger partial charge in [-0.15, -0.1) is 0 Å². The molecule has 2 aromatic rings. The van der Waals surface area contributed by atoms with Gasteiger partial charge < -0.3 is 30.6 Å². The van der Waals surface area contributed by atoms with Gasteiger partial charge in [-0.3, -0.25) is 4.79 Å². The van der Waals surface area contributed by atoms with Crippen LogP contribution in [0.4, 0.5) is 11.4 Å². The van der Waals surface area contributed by atoms with Crippen molar-refractivity contribution in [2.24, 2.45) is 0 Å².